The van der Waals surface area contributed by atoms with Crippen LogP contribution >= 0.6 is 0 Å². The molecule has 1 aliphatic rings. The van der Waals surface area contributed by atoms with Crippen molar-refractivity contribution in [1.29, 1.82) is 0 Å². The van der Waals surface area contributed by atoms with Gasteiger partial charge in [0.05, 0.1) is 5.92 Å². The van der Waals surface area contributed by atoms with Crippen molar-refractivity contribution in [3.05, 3.63) is 0 Å². The molecule has 0 aromatic heterocycles. The summed E-state index contributed by atoms with van der Waals surface area (Å²) in [4.78, 5) is 33.6. The molecular weight excluding hydrogens is 236 g/mol. The molecule has 0 spiro atoms. The minimum atomic E-state index is -0.725. The first kappa shape index (κ1) is 14.4. The van der Waals surface area contributed by atoms with Gasteiger partial charge in [0.2, 0.25) is 17.7 Å². The number of carbonyl (C=O) groups excluding carboxylic acids is 3. The van der Waals surface area contributed by atoms with E-state index in [9.17, 15) is 14.4 Å². The molecule has 1 rings (SSSR count). The maximum absolute atomic E-state index is 11.8. The van der Waals surface area contributed by atoms with Crippen molar-refractivity contribution in [2.75, 3.05) is 13.1 Å². The number of rotatable bonds is 7. The molecule has 1 fully saturated rings. The molecular formula is C11H20N4O3. The maximum atomic E-state index is 11.8. The van der Waals surface area contributed by atoms with Gasteiger partial charge in [-0.15, -0.1) is 0 Å². The first-order valence-electron chi connectivity index (χ1n) is 6.09. The van der Waals surface area contributed by atoms with Gasteiger partial charge in [-0.1, -0.05) is 0 Å². The van der Waals surface area contributed by atoms with Crippen LogP contribution in [0.2, 0.25) is 0 Å². The fourth-order valence-corrected chi connectivity index (χ4v) is 1.93. The highest BCUT2D eigenvalue weighted by atomic mass is 16.2. The quantitative estimate of drug-likeness (QED) is 0.429. The molecule has 0 aromatic carbocycles. The fraction of sp³-hybridized carbons (Fsp3) is 0.727. The summed E-state index contributed by atoms with van der Waals surface area (Å²) in [6, 6.07) is -0.725. The summed E-state index contributed by atoms with van der Waals surface area (Å²) in [6.07, 6.45) is 1.72. The second-order valence-electron chi connectivity index (χ2n) is 4.51. The van der Waals surface area contributed by atoms with Crippen molar-refractivity contribution in [2.24, 2.45) is 17.4 Å². The molecule has 1 heterocycles. The molecule has 1 unspecified atom stereocenters. The molecule has 0 aliphatic carbocycles. The van der Waals surface area contributed by atoms with Gasteiger partial charge in [-0.3, -0.25) is 14.4 Å². The van der Waals surface area contributed by atoms with Gasteiger partial charge in [0.15, 0.2) is 0 Å². The summed E-state index contributed by atoms with van der Waals surface area (Å²) in [6.45, 7) is 1.43. The lowest BCUT2D eigenvalue weighted by Crippen LogP contribution is -2.47. The van der Waals surface area contributed by atoms with Gasteiger partial charge in [-0.25, -0.2) is 0 Å². The molecule has 7 nitrogen and oxygen atoms in total. The van der Waals surface area contributed by atoms with Gasteiger partial charge < -0.3 is 22.1 Å². The van der Waals surface area contributed by atoms with Gasteiger partial charge >= 0.3 is 0 Å². The third-order valence-corrected chi connectivity index (χ3v) is 3.01. The highest BCUT2D eigenvalue weighted by molar-refractivity contribution is 5.87. The Morgan fingerprint density at radius 3 is 2.56 bits per heavy atom. The molecule has 2 atom stereocenters. The number of primary amides is 2. The Kier molecular flexibility index (Phi) is 5.57. The molecule has 3 amide bonds. The second-order valence-corrected chi connectivity index (χ2v) is 4.51. The van der Waals surface area contributed by atoms with Crippen molar-refractivity contribution < 1.29 is 14.4 Å². The summed E-state index contributed by atoms with van der Waals surface area (Å²) in [5, 5.41) is 5.70. The van der Waals surface area contributed by atoms with E-state index < -0.39 is 17.9 Å². The largest absolute Gasteiger partial charge is 0.370 e. The van der Waals surface area contributed by atoms with Gasteiger partial charge in [0, 0.05) is 13.0 Å². The number of nitrogens with two attached hydrogens (primary N) is 2. The van der Waals surface area contributed by atoms with Crippen molar-refractivity contribution in [2.45, 2.75) is 31.7 Å². The normalized spacial score (nSPS) is 20.3. The Labute approximate surface area is 106 Å². The zero-order valence-electron chi connectivity index (χ0n) is 10.3. The maximum Gasteiger partial charge on any atom is 0.239 e. The van der Waals surface area contributed by atoms with Crippen LogP contribution in [0, 0.1) is 5.92 Å². The number of carbonyl (C=O) groups is 3. The third-order valence-electron chi connectivity index (χ3n) is 3.01. The molecule has 0 saturated carbocycles. The monoisotopic (exact) mass is 256 g/mol. The Morgan fingerprint density at radius 2 is 2.06 bits per heavy atom. The molecule has 0 radical (unpaired) electrons. The summed E-state index contributed by atoms with van der Waals surface area (Å²) in [5.41, 5.74) is 10.2. The van der Waals surface area contributed by atoms with Gasteiger partial charge in [0.1, 0.15) is 6.04 Å². The van der Waals surface area contributed by atoms with Crippen molar-refractivity contribution in [3.8, 4) is 0 Å². The van der Waals surface area contributed by atoms with Gasteiger partial charge in [-0.2, -0.15) is 0 Å². The van der Waals surface area contributed by atoms with E-state index in [-0.39, 0.29) is 18.2 Å². The van der Waals surface area contributed by atoms with E-state index in [2.05, 4.69) is 10.6 Å². The summed E-state index contributed by atoms with van der Waals surface area (Å²) < 4.78 is 0. The SMILES string of the molecule is NC(=O)CCCC(NC(=O)[C@H]1CCNC1)C(N)=O. The Balaban J connectivity index is 2.39. The first-order chi connectivity index (χ1) is 8.50. The van der Waals surface area contributed by atoms with Crippen LogP contribution in [0.1, 0.15) is 25.7 Å². The Bertz CT molecular complexity index is 326. The standard InChI is InChI=1S/C11H20N4O3/c12-9(16)3-1-2-8(10(13)17)15-11(18)7-4-5-14-6-7/h7-8,14H,1-6H2,(H2,12,16)(H2,13,17)(H,15,18)/t7-,8?/m0/s1. The number of amides is 3. The van der Waals surface area contributed by atoms with Crippen molar-refractivity contribution in [3.63, 3.8) is 0 Å². The topological polar surface area (TPSA) is 127 Å². The minimum Gasteiger partial charge on any atom is -0.370 e. The molecule has 102 valence electrons. The van der Waals surface area contributed by atoms with E-state index in [0.29, 0.717) is 19.4 Å². The average Bonchev–Trinajstić information content (AvgIpc) is 2.80. The van der Waals surface area contributed by atoms with Crippen LogP contribution < -0.4 is 22.1 Å². The van der Waals surface area contributed by atoms with Crippen LogP contribution in [0.15, 0.2) is 0 Å². The zero-order chi connectivity index (χ0) is 13.5. The molecule has 0 bridgehead atoms. The van der Waals surface area contributed by atoms with E-state index in [1.54, 1.807) is 0 Å². The van der Waals surface area contributed by atoms with E-state index in [1.807, 2.05) is 0 Å². The highest BCUT2D eigenvalue weighted by Gasteiger charge is 2.26. The lowest BCUT2D eigenvalue weighted by molar-refractivity contribution is -0.129. The Hall–Kier alpha value is -1.63. The lowest BCUT2D eigenvalue weighted by atomic mass is 10.1. The molecule has 7 heteroatoms. The van der Waals surface area contributed by atoms with E-state index >= 15 is 0 Å². The minimum absolute atomic E-state index is 0.108. The number of nitrogens with one attached hydrogen (secondary N) is 2. The van der Waals surface area contributed by atoms with Crippen molar-refractivity contribution >= 4 is 17.7 Å². The fourth-order valence-electron chi connectivity index (χ4n) is 1.93. The first-order valence-corrected chi connectivity index (χ1v) is 6.09. The number of hydrogen-bond donors (Lipinski definition) is 4. The Morgan fingerprint density at radius 1 is 1.33 bits per heavy atom. The predicted octanol–water partition coefficient (Wildman–Crippen LogP) is -1.78. The third kappa shape index (κ3) is 4.70. The lowest BCUT2D eigenvalue weighted by Gasteiger charge is -2.17. The molecule has 18 heavy (non-hydrogen) atoms. The smallest absolute Gasteiger partial charge is 0.239 e. The van der Waals surface area contributed by atoms with Gasteiger partial charge in [-0.05, 0) is 25.8 Å². The van der Waals surface area contributed by atoms with Crippen molar-refractivity contribution in [1.82, 2.24) is 10.6 Å². The van der Waals surface area contributed by atoms with Crippen LogP contribution in [0.3, 0.4) is 0 Å². The summed E-state index contributed by atoms with van der Waals surface area (Å²) in [5.74, 6) is -1.28. The second kappa shape index (κ2) is 6.95. The van der Waals surface area contributed by atoms with E-state index in [4.69, 9.17) is 11.5 Å². The van der Waals surface area contributed by atoms with E-state index in [1.165, 1.54) is 0 Å². The highest BCUT2D eigenvalue weighted by Crippen LogP contribution is 2.09. The van der Waals surface area contributed by atoms with E-state index in [0.717, 1.165) is 13.0 Å². The van der Waals surface area contributed by atoms with Crippen LogP contribution in [-0.4, -0.2) is 36.9 Å². The average molecular weight is 256 g/mol. The summed E-state index contributed by atoms with van der Waals surface area (Å²) >= 11 is 0. The molecule has 6 N–H and O–H groups in total. The molecule has 0 aromatic rings. The van der Waals surface area contributed by atoms with Crippen LogP contribution in [-0.2, 0) is 14.4 Å². The van der Waals surface area contributed by atoms with Crippen LogP contribution in [0.4, 0.5) is 0 Å². The summed E-state index contributed by atoms with van der Waals surface area (Å²) in [7, 11) is 0. The molecule has 1 aliphatic heterocycles. The predicted molar refractivity (Wildman–Crippen MR) is 65.1 cm³/mol. The van der Waals surface area contributed by atoms with Gasteiger partial charge in [0.25, 0.3) is 0 Å². The molecule has 1 saturated heterocycles. The van der Waals surface area contributed by atoms with Crippen LogP contribution in [0.25, 0.3) is 0 Å². The van der Waals surface area contributed by atoms with Crippen LogP contribution in [0.5, 0.6) is 0 Å². The zero-order valence-corrected chi connectivity index (χ0v) is 10.3. The number of hydrogen-bond acceptors (Lipinski definition) is 4.